The maximum atomic E-state index is 3.71. The predicted molar refractivity (Wildman–Crippen MR) is 92.9 cm³/mol. The molecule has 1 aliphatic rings. The number of para-hydroxylation sites is 1. The van der Waals surface area contributed by atoms with Crippen molar-refractivity contribution in [3.8, 4) is 0 Å². The van der Waals surface area contributed by atoms with E-state index in [1.165, 1.54) is 37.2 Å². The van der Waals surface area contributed by atoms with Crippen LogP contribution in [-0.2, 0) is 0 Å². The number of benzene rings is 1. The monoisotopic (exact) mass is 288 g/mol. The molecular weight excluding hydrogens is 256 g/mol. The summed E-state index contributed by atoms with van der Waals surface area (Å²) in [6.07, 6.45) is 3.66. The smallest absolute Gasteiger partial charge is 0.0414 e. The molecular formula is C19H32N2. The summed E-state index contributed by atoms with van der Waals surface area (Å²) in [5.74, 6) is 1.64. The molecule has 1 aliphatic heterocycles. The fraction of sp³-hybridized carbons (Fsp3) is 0.684. The molecule has 0 spiro atoms. The van der Waals surface area contributed by atoms with E-state index in [2.05, 4.69) is 62.2 Å². The van der Waals surface area contributed by atoms with Gasteiger partial charge in [0, 0.05) is 24.8 Å². The number of piperidine rings is 1. The SMILES string of the molecule is CCCNC(CC)c1ccccc1N1CCC(C)C(C)C1. The summed E-state index contributed by atoms with van der Waals surface area (Å²) in [6, 6.07) is 9.48. The van der Waals surface area contributed by atoms with E-state index >= 15 is 0 Å². The van der Waals surface area contributed by atoms with Crippen molar-refractivity contribution in [1.29, 1.82) is 0 Å². The lowest BCUT2D eigenvalue weighted by Gasteiger charge is -2.38. The third-order valence-electron chi connectivity index (χ3n) is 5.04. The number of anilines is 1. The van der Waals surface area contributed by atoms with Gasteiger partial charge in [0.1, 0.15) is 0 Å². The second-order valence-electron chi connectivity index (χ2n) is 6.66. The van der Waals surface area contributed by atoms with Gasteiger partial charge in [-0.25, -0.2) is 0 Å². The molecule has 0 radical (unpaired) electrons. The number of hydrogen-bond acceptors (Lipinski definition) is 2. The molecule has 2 heteroatoms. The fourth-order valence-electron chi connectivity index (χ4n) is 3.34. The molecule has 2 rings (SSSR count). The maximum absolute atomic E-state index is 3.71. The highest BCUT2D eigenvalue weighted by atomic mass is 15.1. The van der Waals surface area contributed by atoms with E-state index in [1.807, 2.05) is 0 Å². The van der Waals surface area contributed by atoms with Crippen molar-refractivity contribution in [2.24, 2.45) is 11.8 Å². The molecule has 0 bridgehead atoms. The van der Waals surface area contributed by atoms with Gasteiger partial charge in [0.2, 0.25) is 0 Å². The zero-order chi connectivity index (χ0) is 15.2. The molecule has 1 fully saturated rings. The van der Waals surface area contributed by atoms with Crippen LogP contribution in [0.3, 0.4) is 0 Å². The molecule has 1 heterocycles. The van der Waals surface area contributed by atoms with Crippen molar-refractivity contribution in [3.05, 3.63) is 29.8 Å². The highest BCUT2D eigenvalue weighted by molar-refractivity contribution is 5.55. The molecule has 1 aromatic carbocycles. The van der Waals surface area contributed by atoms with Gasteiger partial charge in [0.15, 0.2) is 0 Å². The first kappa shape index (κ1) is 16.4. The van der Waals surface area contributed by atoms with Gasteiger partial charge in [-0.05, 0) is 49.3 Å². The zero-order valence-electron chi connectivity index (χ0n) is 14.2. The van der Waals surface area contributed by atoms with Crippen LogP contribution in [0.25, 0.3) is 0 Å². The number of rotatable bonds is 6. The van der Waals surface area contributed by atoms with Gasteiger partial charge in [-0.1, -0.05) is 45.9 Å². The van der Waals surface area contributed by atoms with Crippen molar-refractivity contribution in [2.45, 2.75) is 53.0 Å². The van der Waals surface area contributed by atoms with Crippen LogP contribution >= 0.6 is 0 Å². The Hall–Kier alpha value is -1.02. The van der Waals surface area contributed by atoms with Crippen LogP contribution in [0.4, 0.5) is 5.69 Å². The molecule has 0 amide bonds. The van der Waals surface area contributed by atoms with Gasteiger partial charge in [0.05, 0.1) is 0 Å². The minimum absolute atomic E-state index is 0.482. The summed E-state index contributed by atoms with van der Waals surface area (Å²) in [4.78, 5) is 2.61. The van der Waals surface area contributed by atoms with E-state index in [0.29, 0.717) is 6.04 Å². The van der Waals surface area contributed by atoms with Gasteiger partial charge < -0.3 is 10.2 Å². The Labute approximate surface area is 130 Å². The first-order valence-electron chi connectivity index (χ1n) is 8.74. The molecule has 3 atom stereocenters. The number of nitrogens with zero attached hydrogens (tertiary/aromatic N) is 1. The Balaban J connectivity index is 2.19. The van der Waals surface area contributed by atoms with Crippen LogP contribution in [0.1, 0.15) is 58.6 Å². The Morgan fingerprint density at radius 1 is 1.19 bits per heavy atom. The molecule has 118 valence electrons. The zero-order valence-corrected chi connectivity index (χ0v) is 14.2. The molecule has 2 nitrogen and oxygen atoms in total. The van der Waals surface area contributed by atoms with Crippen molar-refractivity contribution in [3.63, 3.8) is 0 Å². The molecule has 3 unspecified atom stereocenters. The summed E-state index contributed by atoms with van der Waals surface area (Å²) >= 11 is 0. The summed E-state index contributed by atoms with van der Waals surface area (Å²) in [5.41, 5.74) is 2.93. The Bertz CT molecular complexity index is 429. The summed E-state index contributed by atoms with van der Waals surface area (Å²) < 4.78 is 0. The van der Waals surface area contributed by atoms with E-state index in [4.69, 9.17) is 0 Å². The van der Waals surface area contributed by atoms with Crippen LogP contribution in [0.5, 0.6) is 0 Å². The summed E-state index contributed by atoms with van der Waals surface area (Å²) in [7, 11) is 0. The predicted octanol–water partition coefficient (Wildman–Crippen LogP) is 4.62. The van der Waals surface area contributed by atoms with Crippen LogP contribution in [0, 0.1) is 11.8 Å². The van der Waals surface area contributed by atoms with E-state index < -0.39 is 0 Å². The minimum atomic E-state index is 0.482. The molecule has 0 saturated carbocycles. The maximum Gasteiger partial charge on any atom is 0.0414 e. The topological polar surface area (TPSA) is 15.3 Å². The average Bonchev–Trinajstić information content (AvgIpc) is 2.51. The standard InChI is InChI=1S/C19H32N2/c1-5-12-20-18(6-2)17-9-7-8-10-19(17)21-13-11-15(3)16(4)14-21/h7-10,15-16,18,20H,5-6,11-14H2,1-4H3. The van der Waals surface area contributed by atoms with Gasteiger partial charge in [-0.3, -0.25) is 0 Å². The van der Waals surface area contributed by atoms with E-state index in [1.54, 1.807) is 0 Å². The Morgan fingerprint density at radius 2 is 1.95 bits per heavy atom. The lowest BCUT2D eigenvalue weighted by Crippen LogP contribution is -2.39. The van der Waals surface area contributed by atoms with Crippen LogP contribution in [0.15, 0.2) is 24.3 Å². The molecule has 1 N–H and O–H groups in total. The normalized spacial score (nSPS) is 24.1. The second kappa shape index (κ2) is 7.84. The molecule has 1 aromatic rings. The number of nitrogens with one attached hydrogen (secondary N) is 1. The number of hydrogen-bond donors (Lipinski definition) is 1. The minimum Gasteiger partial charge on any atom is -0.371 e. The Kier molecular flexibility index (Phi) is 6.10. The molecule has 0 aliphatic carbocycles. The average molecular weight is 288 g/mol. The lowest BCUT2D eigenvalue weighted by molar-refractivity contribution is 0.323. The lowest BCUT2D eigenvalue weighted by atomic mass is 9.88. The van der Waals surface area contributed by atoms with Crippen LogP contribution in [-0.4, -0.2) is 19.6 Å². The van der Waals surface area contributed by atoms with E-state index in [-0.39, 0.29) is 0 Å². The van der Waals surface area contributed by atoms with Crippen molar-refractivity contribution in [2.75, 3.05) is 24.5 Å². The third-order valence-corrected chi connectivity index (χ3v) is 5.04. The Morgan fingerprint density at radius 3 is 2.62 bits per heavy atom. The first-order chi connectivity index (χ1) is 10.2. The largest absolute Gasteiger partial charge is 0.371 e. The van der Waals surface area contributed by atoms with Gasteiger partial charge in [-0.2, -0.15) is 0 Å². The van der Waals surface area contributed by atoms with Gasteiger partial charge in [-0.15, -0.1) is 0 Å². The van der Waals surface area contributed by atoms with Crippen molar-refractivity contribution >= 4 is 5.69 Å². The molecule has 1 saturated heterocycles. The fourth-order valence-corrected chi connectivity index (χ4v) is 3.34. The highest BCUT2D eigenvalue weighted by Gasteiger charge is 2.25. The van der Waals surface area contributed by atoms with E-state index in [9.17, 15) is 0 Å². The third kappa shape index (κ3) is 4.00. The summed E-state index contributed by atoms with van der Waals surface area (Å²) in [5, 5.41) is 3.71. The second-order valence-corrected chi connectivity index (χ2v) is 6.66. The van der Waals surface area contributed by atoms with Crippen molar-refractivity contribution < 1.29 is 0 Å². The quantitative estimate of drug-likeness (QED) is 0.821. The first-order valence-corrected chi connectivity index (χ1v) is 8.74. The summed E-state index contributed by atoms with van der Waals surface area (Å²) in [6.45, 7) is 12.8. The van der Waals surface area contributed by atoms with Gasteiger partial charge in [0.25, 0.3) is 0 Å². The van der Waals surface area contributed by atoms with Gasteiger partial charge >= 0.3 is 0 Å². The molecule has 21 heavy (non-hydrogen) atoms. The van der Waals surface area contributed by atoms with Crippen molar-refractivity contribution in [1.82, 2.24) is 5.32 Å². The van der Waals surface area contributed by atoms with E-state index in [0.717, 1.165) is 24.8 Å². The molecule has 0 aromatic heterocycles. The van der Waals surface area contributed by atoms with Crippen LogP contribution in [0.2, 0.25) is 0 Å². The van der Waals surface area contributed by atoms with Crippen LogP contribution < -0.4 is 10.2 Å². The highest BCUT2D eigenvalue weighted by Crippen LogP contribution is 2.32.